The molecule has 4 N–H and O–H groups in total. The number of nitrogens with zero attached hydrogens (tertiary/aromatic N) is 1. The molecule has 0 bridgehead atoms. The van der Waals surface area contributed by atoms with Crippen molar-refractivity contribution in [1.29, 1.82) is 0 Å². The van der Waals surface area contributed by atoms with Crippen LogP contribution in [-0.4, -0.2) is 77.0 Å². The van der Waals surface area contributed by atoms with Gasteiger partial charge in [-0.25, -0.2) is 0 Å². The van der Waals surface area contributed by atoms with Crippen LogP contribution in [0, 0.1) is 35.5 Å². The molecule has 6 atom stereocenters. The van der Waals surface area contributed by atoms with Crippen molar-refractivity contribution in [2.24, 2.45) is 29.4 Å². The van der Waals surface area contributed by atoms with Crippen LogP contribution >= 0.6 is 0 Å². The predicted molar refractivity (Wildman–Crippen MR) is 150 cm³/mol. The molecule has 5 rings (SSSR count). The van der Waals surface area contributed by atoms with E-state index < -0.39 is 64.4 Å². The Labute approximate surface area is 242 Å². The summed E-state index contributed by atoms with van der Waals surface area (Å²) in [6, 6.07) is 7.58. The molecule has 0 heterocycles. The van der Waals surface area contributed by atoms with Crippen LogP contribution in [0.25, 0.3) is 0 Å². The summed E-state index contributed by atoms with van der Waals surface area (Å²) in [7, 11) is 4.66. The van der Waals surface area contributed by atoms with Crippen molar-refractivity contribution in [3.8, 4) is 23.3 Å². The standard InChI is InChI=1S/C32H32N2O8/c1-5-16-12-17(9-6-15-7-10-19(42-4)11-8-15)26(35)23-20(16)13-18-14-21-25(34(2)3)28(37)24(31(33)40)30(39)32(21,41)29(38)22(18)27(23)36/h7-8,10-12,18,21-22,24-25,35,41H,5,13-14H2,1-4H3,(H2,33,40). The fraction of sp³-hybridized carbons (Fsp3) is 0.406. The van der Waals surface area contributed by atoms with Crippen LogP contribution in [-0.2, 0) is 32.0 Å². The average molecular weight is 573 g/mol. The number of nitrogens with two attached hydrogens (primary N) is 1. The van der Waals surface area contributed by atoms with E-state index in [4.69, 9.17) is 10.5 Å². The van der Waals surface area contributed by atoms with E-state index in [2.05, 4.69) is 11.8 Å². The summed E-state index contributed by atoms with van der Waals surface area (Å²) in [4.78, 5) is 68.3. The summed E-state index contributed by atoms with van der Waals surface area (Å²) in [6.45, 7) is 1.90. The molecule has 10 nitrogen and oxygen atoms in total. The topological polar surface area (TPSA) is 164 Å². The van der Waals surface area contributed by atoms with Crippen molar-refractivity contribution >= 4 is 29.0 Å². The SMILES string of the molecule is CCc1cc(C#Cc2ccc(OC)cc2)c(O)c2c1CC1CC3C(N(C)C)C(=O)C(C(N)=O)C(=O)C3(O)C(=O)C1C2=O. The minimum Gasteiger partial charge on any atom is -0.506 e. The highest BCUT2D eigenvalue weighted by Crippen LogP contribution is 2.51. The fourth-order valence-corrected chi connectivity index (χ4v) is 6.97. The van der Waals surface area contributed by atoms with Gasteiger partial charge in [0.25, 0.3) is 0 Å². The van der Waals surface area contributed by atoms with Crippen molar-refractivity contribution in [3.05, 3.63) is 58.1 Å². The Morgan fingerprint density at radius 1 is 1.12 bits per heavy atom. The summed E-state index contributed by atoms with van der Waals surface area (Å²) in [6.07, 6.45) is 0.741. The number of likely N-dealkylation sites (N-methyl/N-ethyl adjacent to an activating group) is 1. The Balaban J connectivity index is 1.60. The molecule has 0 radical (unpaired) electrons. The molecule has 10 heteroatoms. The van der Waals surface area contributed by atoms with Gasteiger partial charge in [-0.15, -0.1) is 0 Å². The molecular weight excluding hydrogens is 540 g/mol. The zero-order valence-electron chi connectivity index (χ0n) is 23.8. The van der Waals surface area contributed by atoms with Crippen molar-refractivity contribution in [3.63, 3.8) is 0 Å². The first-order valence-electron chi connectivity index (χ1n) is 13.7. The van der Waals surface area contributed by atoms with Crippen LogP contribution in [0.4, 0.5) is 0 Å². The lowest BCUT2D eigenvalue weighted by Gasteiger charge is -2.52. The maximum absolute atomic E-state index is 14.0. The van der Waals surface area contributed by atoms with E-state index in [1.165, 1.54) is 4.90 Å². The Bertz CT molecular complexity index is 1600. The van der Waals surface area contributed by atoms with Crippen LogP contribution in [0.3, 0.4) is 0 Å². The fourth-order valence-electron chi connectivity index (χ4n) is 6.97. The molecule has 0 saturated heterocycles. The molecule has 2 fully saturated rings. The highest BCUT2D eigenvalue weighted by Gasteiger charge is 2.69. The van der Waals surface area contributed by atoms with Crippen molar-refractivity contribution < 1.29 is 38.9 Å². The molecule has 0 spiro atoms. The highest BCUT2D eigenvalue weighted by atomic mass is 16.5. The van der Waals surface area contributed by atoms with Gasteiger partial charge in [0.15, 0.2) is 34.7 Å². The van der Waals surface area contributed by atoms with Crippen molar-refractivity contribution in [2.75, 3.05) is 21.2 Å². The van der Waals surface area contributed by atoms with Crippen LogP contribution in [0.5, 0.6) is 11.5 Å². The zero-order valence-corrected chi connectivity index (χ0v) is 23.8. The van der Waals surface area contributed by atoms with E-state index in [-0.39, 0.29) is 29.7 Å². The molecule has 0 aliphatic heterocycles. The van der Waals surface area contributed by atoms with E-state index in [0.717, 1.165) is 5.56 Å². The zero-order chi connectivity index (χ0) is 30.7. The lowest BCUT2D eigenvalue weighted by Crippen LogP contribution is -2.74. The van der Waals surface area contributed by atoms with Gasteiger partial charge in [-0.05, 0) is 80.7 Å². The third-order valence-electron chi connectivity index (χ3n) is 8.97. The number of carbonyl (C=O) groups is 5. The van der Waals surface area contributed by atoms with Gasteiger partial charge in [-0.2, -0.15) is 0 Å². The Hall–Kier alpha value is -4.33. The smallest absolute Gasteiger partial charge is 0.235 e. The lowest BCUT2D eigenvalue weighted by atomic mass is 9.52. The number of aliphatic hydroxyl groups is 1. The number of hydrogen-bond donors (Lipinski definition) is 3. The summed E-state index contributed by atoms with van der Waals surface area (Å²) < 4.78 is 5.16. The van der Waals surface area contributed by atoms with E-state index in [9.17, 15) is 34.2 Å². The average Bonchev–Trinajstić information content (AvgIpc) is 2.94. The first-order valence-corrected chi connectivity index (χ1v) is 13.7. The number of aryl methyl sites for hydroxylation is 1. The Morgan fingerprint density at radius 2 is 1.79 bits per heavy atom. The van der Waals surface area contributed by atoms with Crippen LogP contribution in [0.15, 0.2) is 30.3 Å². The second-order valence-corrected chi connectivity index (χ2v) is 11.4. The molecule has 42 heavy (non-hydrogen) atoms. The third-order valence-corrected chi connectivity index (χ3v) is 8.97. The van der Waals surface area contributed by atoms with E-state index in [1.807, 2.05) is 6.92 Å². The number of fused-ring (bicyclic) bond motifs is 3. The predicted octanol–water partition coefficient (Wildman–Crippen LogP) is 0.838. The maximum Gasteiger partial charge on any atom is 0.235 e. The van der Waals surface area contributed by atoms with Crippen molar-refractivity contribution in [1.82, 2.24) is 4.90 Å². The molecule has 2 aromatic rings. The number of rotatable bonds is 4. The molecular formula is C32H32N2O8. The quantitative estimate of drug-likeness (QED) is 0.356. The van der Waals surface area contributed by atoms with Gasteiger partial charge in [-0.1, -0.05) is 18.8 Å². The Kier molecular flexibility index (Phi) is 7.29. The highest BCUT2D eigenvalue weighted by molar-refractivity contribution is 6.32. The summed E-state index contributed by atoms with van der Waals surface area (Å²) in [5, 5.41) is 23.0. The monoisotopic (exact) mass is 572 g/mol. The normalized spacial score (nSPS) is 28.4. The molecule has 2 saturated carbocycles. The number of methoxy groups -OCH3 is 1. The second-order valence-electron chi connectivity index (χ2n) is 11.4. The van der Waals surface area contributed by atoms with E-state index in [0.29, 0.717) is 23.3 Å². The lowest BCUT2D eigenvalue weighted by molar-refractivity contribution is -0.181. The van der Waals surface area contributed by atoms with Gasteiger partial charge in [0.1, 0.15) is 11.5 Å². The van der Waals surface area contributed by atoms with Gasteiger partial charge in [0.05, 0.1) is 30.2 Å². The second kappa shape index (κ2) is 10.5. The summed E-state index contributed by atoms with van der Waals surface area (Å²) in [5.41, 5.74) is 4.77. The van der Waals surface area contributed by atoms with Crippen molar-refractivity contribution in [2.45, 2.75) is 37.8 Å². The van der Waals surface area contributed by atoms with Gasteiger partial charge in [0, 0.05) is 11.5 Å². The Morgan fingerprint density at radius 3 is 2.36 bits per heavy atom. The number of phenolic OH excluding ortho intramolecular Hbond substituents is 1. The number of carbonyl (C=O) groups excluding carboxylic acids is 5. The summed E-state index contributed by atoms with van der Waals surface area (Å²) in [5.74, 6) is -4.19. The van der Waals surface area contributed by atoms with Gasteiger partial charge >= 0.3 is 0 Å². The molecule has 3 aliphatic rings. The van der Waals surface area contributed by atoms with Gasteiger partial charge < -0.3 is 20.7 Å². The summed E-state index contributed by atoms with van der Waals surface area (Å²) >= 11 is 0. The largest absolute Gasteiger partial charge is 0.506 e. The van der Waals surface area contributed by atoms with E-state index >= 15 is 0 Å². The van der Waals surface area contributed by atoms with Crippen LogP contribution in [0.1, 0.15) is 46.0 Å². The first-order chi connectivity index (χ1) is 19.9. The number of ketones is 4. The molecule has 0 aromatic heterocycles. The van der Waals surface area contributed by atoms with Crippen LogP contribution in [0.2, 0.25) is 0 Å². The van der Waals surface area contributed by atoms with E-state index in [1.54, 1.807) is 51.5 Å². The molecule has 218 valence electrons. The minimum absolute atomic E-state index is 0.00678. The number of benzene rings is 2. The number of Topliss-reactive ketones (excluding diaryl/α,β-unsaturated/α-hetero) is 4. The molecule has 1 amide bonds. The minimum atomic E-state index is -2.76. The number of phenols is 1. The van der Waals surface area contributed by atoms with Gasteiger partial charge in [-0.3, -0.25) is 28.9 Å². The molecule has 3 aliphatic carbocycles. The van der Waals surface area contributed by atoms with Gasteiger partial charge in [0.2, 0.25) is 5.91 Å². The number of hydrogen-bond acceptors (Lipinski definition) is 9. The van der Waals surface area contributed by atoms with Crippen LogP contribution < -0.4 is 10.5 Å². The number of amides is 1. The molecule has 6 unspecified atom stereocenters. The number of primary amides is 1. The first kappa shape index (κ1) is 29.2. The number of ether oxygens (including phenoxy) is 1. The third kappa shape index (κ3) is 4.23. The maximum atomic E-state index is 14.0. The number of aromatic hydroxyl groups is 1. The molecule has 2 aromatic carbocycles.